The maximum atomic E-state index is 10.6. The molecule has 8 nitrogen and oxygen atoms in total. The van der Waals surface area contributed by atoms with Gasteiger partial charge in [0.15, 0.2) is 0 Å². The van der Waals surface area contributed by atoms with Gasteiger partial charge in [-0.25, -0.2) is 9.59 Å². The number of piperidine rings is 1. The molecule has 0 spiro atoms. The van der Waals surface area contributed by atoms with Gasteiger partial charge in [-0.2, -0.15) is 26.3 Å². The summed E-state index contributed by atoms with van der Waals surface area (Å²) in [4.78, 5) is 20.2. The Morgan fingerprint density at radius 3 is 1.76 bits per heavy atom. The number of anilines is 1. The molecule has 2 rings (SSSR count). The summed E-state index contributed by atoms with van der Waals surface area (Å²) in [6.45, 7) is 8.24. The molecule has 1 unspecified atom stereocenters. The number of nitrogens with one attached hydrogen (secondary N) is 1. The van der Waals surface area contributed by atoms with E-state index in [1.165, 1.54) is 18.5 Å². The lowest BCUT2D eigenvalue weighted by atomic mass is 9.98. The lowest BCUT2D eigenvalue weighted by Gasteiger charge is -2.35. The first-order chi connectivity index (χ1) is 17.3. The number of alkyl halides is 6. The molecule has 1 aliphatic heterocycles. The van der Waals surface area contributed by atoms with Crippen LogP contribution in [0.25, 0.3) is 0 Å². The van der Waals surface area contributed by atoms with Gasteiger partial charge in [-0.1, -0.05) is 0 Å². The van der Waals surface area contributed by atoms with E-state index in [9.17, 15) is 31.4 Å². The smallest absolute Gasteiger partial charge is 0.490 e. The minimum absolute atomic E-state index is 0.518. The molecule has 1 aromatic rings. The van der Waals surface area contributed by atoms with Gasteiger partial charge >= 0.3 is 24.3 Å². The fourth-order valence-corrected chi connectivity index (χ4v) is 3.42. The number of hydrogen-bond acceptors (Lipinski definition) is 6. The molecular formula is C24H36F6N2O6. The monoisotopic (exact) mass is 562 g/mol. The van der Waals surface area contributed by atoms with Crippen LogP contribution in [0.5, 0.6) is 5.75 Å². The van der Waals surface area contributed by atoms with E-state index in [0.29, 0.717) is 12.1 Å². The van der Waals surface area contributed by atoms with Crippen molar-refractivity contribution in [1.82, 2.24) is 5.32 Å². The van der Waals surface area contributed by atoms with Crippen LogP contribution in [0.3, 0.4) is 0 Å². The van der Waals surface area contributed by atoms with E-state index in [0.717, 1.165) is 38.1 Å². The van der Waals surface area contributed by atoms with Crippen molar-refractivity contribution >= 4 is 17.6 Å². The summed E-state index contributed by atoms with van der Waals surface area (Å²) in [6.07, 6.45) is -4.73. The second-order valence-corrected chi connectivity index (χ2v) is 9.34. The SMILES string of the molecule is COc1ccc(N2CCC(NC(C)CCCC(C)(C)O)CC2)cc1.O=C(O)C(F)(F)F.O=C(O)C(F)(F)F. The van der Waals surface area contributed by atoms with Crippen LogP contribution in [0.15, 0.2) is 24.3 Å². The van der Waals surface area contributed by atoms with Gasteiger partial charge in [0.1, 0.15) is 5.75 Å². The van der Waals surface area contributed by atoms with E-state index >= 15 is 0 Å². The predicted octanol–water partition coefficient (Wildman–Crippen LogP) is 4.85. The zero-order valence-electron chi connectivity index (χ0n) is 21.7. The molecule has 0 saturated carbocycles. The number of ether oxygens (including phenoxy) is 1. The van der Waals surface area contributed by atoms with Crippen LogP contribution in [0, 0.1) is 0 Å². The fraction of sp³-hybridized carbons (Fsp3) is 0.667. The molecule has 0 aliphatic carbocycles. The largest absolute Gasteiger partial charge is 0.497 e. The van der Waals surface area contributed by atoms with Crippen molar-refractivity contribution in [2.24, 2.45) is 0 Å². The molecule has 1 aliphatic rings. The standard InChI is InChI=1S/C20H34N2O2.2C2HF3O2/c1-16(6-5-13-20(2,3)23)21-17-11-14-22(15-12-17)18-7-9-19(24-4)10-8-18;2*3-2(4,5)1(6)7/h7-10,16-17,21,23H,5-6,11-15H2,1-4H3;2*(H,6,7). The number of nitrogens with zero attached hydrogens (tertiary/aromatic N) is 1. The number of aliphatic hydroxyl groups is 1. The van der Waals surface area contributed by atoms with Crippen LogP contribution in [-0.2, 0) is 9.59 Å². The molecule has 38 heavy (non-hydrogen) atoms. The van der Waals surface area contributed by atoms with Crippen LogP contribution in [-0.4, -0.2) is 77.5 Å². The number of rotatable bonds is 8. The van der Waals surface area contributed by atoms with Crippen LogP contribution < -0.4 is 15.0 Å². The van der Waals surface area contributed by atoms with Gasteiger partial charge in [-0.05, 0) is 77.1 Å². The third-order valence-electron chi connectivity index (χ3n) is 5.36. The summed E-state index contributed by atoms with van der Waals surface area (Å²) in [5, 5.41) is 27.8. The van der Waals surface area contributed by atoms with Crippen LogP contribution in [0.2, 0.25) is 0 Å². The zero-order valence-corrected chi connectivity index (χ0v) is 21.7. The van der Waals surface area contributed by atoms with Crippen LogP contribution in [0.4, 0.5) is 32.0 Å². The third kappa shape index (κ3) is 16.2. The highest BCUT2D eigenvalue weighted by atomic mass is 19.4. The Balaban J connectivity index is 0.000000804. The Hall–Kier alpha value is -2.74. The number of carboxylic acid groups (broad SMARTS) is 2. The summed E-state index contributed by atoms with van der Waals surface area (Å²) < 4.78 is 68.7. The Labute approximate surface area is 217 Å². The molecule has 1 fully saturated rings. The van der Waals surface area contributed by atoms with E-state index in [4.69, 9.17) is 24.5 Å². The Bertz CT molecular complexity index is 809. The van der Waals surface area contributed by atoms with E-state index in [1.54, 1.807) is 7.11 Å². The van der Waals surface area contributed by atoms with Crippen molar-refractivity contribution in [3.8, 4) is 5.75 Å². The number of carboxylic acids is 2. The number of carbonyl (C=O) groups is 2. The van der Waals surface area contributed by atoms with Crippen molar-refractivity contribution in [3.63, 3.8) is 0 Å². The maximum Gasteiger partial charge on any atom is 0.490 e. The summed E-state index contributed by atoms with van der Waals surface area (Å²) in [5.74, 6) is -4.60. The first kappa shape index (κ1) is 35.3. The molecule has 220 valence electrons. The number of halogens is 6. The second-order valence-electron chi connectivity index (χ2n) is 9.34. The zero-order chi connectivity index (χ0) is 29.7. The Morgan fingerprint density at radius 2 is 1.42 bits per heavy atom. The topological polar surface area (TPSA) is 119 Å². The Morgan fingerprint density at radius 1 is 1.00 bits per heavy atom. The molecular weight excluding hydrogens is 526 g/mol. The van der Waals surface area contributed by atoms with E-state index < -0.39 is 29.9 Å². The van der Waals surface area contributed by atoms with Crippen molar-refractivity contribution in [1.29, 1.82) is 0 Å². The average molecular weight is 563 g/mol. The molecule has 0 radical (unpaired) electrons. The highest BCUT2D eigenvalue weighted by Gasteiger charge is 2.38. The van der Waals surface area contributed by atoms with Crippen molar-refractivity contribution in [2.75, 3.05) is 25.1 Å². The summed E-state index contributed by atoms with van der Waals surface area (Å²) in [7, 11) is 1.70. The van der Waals surface area contributed by atoms with Crippen molar-refractivity contribution < 1.29 is 56.0 Å². The van der Waals surface area contributed by atoms with Crippen molar-refractivity contribution in [2.45, 2.75) is 82.9 Å². The average Bonchev–Trinajstić information content (AvgIpc) is 2.78. The molecule has 1 atom stereocenters. The summed E-state index contributed by atoms with van der Waals surface area (Å²) >= 11 is 0. The molecule has 4 N–H and O–H groups in total. The van der Waals surface area contributed by atoms with E-state index in [1.807, 2.05) is 26.0 Å². The van der Waals surface area contributed by atoms with Gasteiger partial charge < -0.3 is 30.3 Å². The van der Waals surface area contributed by atoms with Crippen molar-refractivity contribution in [3.05, 3.63) is 24.3 Å². The van der Waals surface area contributed by atoms with Gasteiger partial charge in [-0.15, -0.1) is 0 Å². The number of hydrogen-bond donors (Lipinski definition) is 4. The summed E-state index contributed by atoms with van der Waals surface area (Å²) in [5.41, 5.74) is 0.746. The highest BCUT2D eigenvalue weighted by Crippen LogP contribution is 2.23. The quantitative estimate of drug-likeness (QED) is 0.332. The van der Waals surface area contributed by atoms with Gasteiger partial charge in [-0.3, -0.25) is 0 Å². The highest BCUT2D eigenvalue weighted by molar-refractivity contribution is 5.73. The normalized spacial score (nSPS) is 15.4. The third-order valence-corrected chi connectivity index (χ3v) is 5.36. The van der Waals surface area contributed by atoms with Gasteiger partial charge in [0.05, 0.1) is 12.7 Å². The fourth-order valence-electron chi connectivity index (χ4n) is 3.42. The lowest BCUT2D eigenvalue weighted by molar-refractivity contribution is -0.193. The van der Waals surface area contributed by atoms with E-state index in [-0.39, 0.29) is 0 Å². The predicted molar refractivity (Wildman–Crippen MR) is 128 cm³/mol. The minimum Gasteiger partial charge on any atom is -0.497 e. The lowest BCUT2D eigenvalue weighted by Crippen LogP contribution is -2.45. The molecule has 0 bridgehead atoms. The van der Waals surface area contributed by atoms with Gasteiger partial charge in [0.25, 0.3) is 0 Å². The number of methoxy groups -OCH3 is 1. The minimum atomic E-state index is -5.08. The second kappa shape index (κ2) is 15.6. The summed E-state index contributed by atoms with van der Waals surface area (Å²) in [6, 6.07) is 9.48. The molecule has 1 aromatic carbocycles. The number of benzene rings is 1. The maximum absolute atomic E-state index is 10.6. The molecule has 0 amide bonds. The van der Waals surface area contributed by atoms with Crippen LogP contribution in [0.1, 0.15) is 52.9 Å². The molecule has 1 heterocycles. The molecule has 1 saturated heterocycles. The number of aliphatic carboxylic acids is 2. The Kier molecular flexibility index (Phi) is 14.5. The first-order valence-corrected chi connectivity index (χ1v) is 11.7. The van der Waals surface area contributed by atoms with Gasteiger partial charge in [0, 0.05) is 30.9 Å². The van der Waals surface area contributed by atoms with Gasteiger partial charge in [0.2, 0.25) is 0 Å². The van der Waals surface area contributed by atoms with E-state index in [2.05, 4.69) is 29.3 Å². The first-order valence-electron chi connectivity index (χ1n) is 11.7. The van der Waals surface area contributed by atoms with Crippen LogP contribution >= 0.6 is 0 Å². The molecule has 14 heteroatoms. The molecule has 0 aromatic heterocycles.